The fourth-order valence-corrected chi connectivity index (χ4v) is 3.44. The molecule has 0 atom stereocenters. The van der Waals surface area contributed by atoms with E-state index in [0.717, 1.165) is 16.3 Å². The van der Waals surface area contributed by atoms with Gasteiger partial charge in [-0.2, -0.15) is 0 Å². The Morgan fingerprint density at radius 3 is 2.44 bits per heavy atom. The van der Waals surface area contributed by atoms with E-state index < -0.39 is 10.0 Å². The summed E-state index contributed by atoms with van der Waals surface area (Å²) in [5.41, 5.74) is 1.57. The third-order valence-corrected chi connectivity index (χ3v) is 5.71. The molecule has 6 nitrogen and oxygen atoms in total. The van der Waals surface area contributed by atoms with Crippen LogP contribution in [0.3, 0.4) is 0 Å². The van der Waals surface area contributed by atoms with Gasteiger partial charge in [0, 0.05) is 6.42 Å². The first-order chi connectivity index (χ1) is 11.9. The maximum absolute atomic E-state index is 12.0. The van der Waals surface area contributed by atoms with Crippen molar-refractivity contribution < 1.29 is 13.2 Å². The summed E-state index contributed by atoms with van der Waals surface area (Å²) in [5, 5.41) is 3.74. The van der Waals surface area contributed by atoms with E-state index in [1.165, 1.54) is 19.2 Å². The SMILES string of the molecule is CCSc1ccc(NC(=O)CCc2ccc(S(=O)(=O)NC)cc2)cn1. The average Bonchev–Trinajstić information content (AvgIpc) is 2.62. The monoisotopic (exact) mass is 379 g/mol. The highest BCUT2D eigenvalue weighted by molar-refractivity contribution is 7.99. The van der Waals surface area contributed by atoms with Gasteiger partial charge >= 0.3 is 0 Å². The van der Waals surface area contributed by atoms with E-state index in [-0.39, 0.29) is 10.8 Å². The highest BCUT2D eigenvalue weighted by Gasteiger charge is 2.11. The van der Waals surface area contributed by atoms with Gasteiger partial charge in [0.25, 0.3) is 0 Å². The molecule has 1 amide bonds. The van der Waals surface area contributed by atoms with Crippen LogP contribution in [0.15, 0.2) is 52.5 Å². The van der Waals surface area contributed by atoms with Crippen LogP contribution in [0.25, 0.3) is 0 Å². The maximum atomic E-state index is 12.0. The number of amides is 1. The smallest absolute Gasteiger partial charge is 0.240 e. The molecule has 0 aliphatic carbocycles. The van der Waals surface area contributed by atoms with Crippen molar-refractivity contribution >= 4 is 33.4 Å². The minimum absolute atomic E-state index is 0.107. The van der Waals surface area contributed by atoms with E-state index in [9.17, 15) is 13.2 Å². The lowest BCUT2D eigenvalue weighted by molar-refractivity contribution is -0.116. The number of carbonyl (C=O) groups excluding carboxylic acids is 1. The number of pyridine rings is 1. The number of hydrogen-bond donors (Lipinski definition) is 2. The van der Waals surface area contributed by atoms with Crippen molar-refractivity contribution in [3.8, 4) is 0 Å². The van der Waals surface area contributed by atoms with E-state index in [1.54, 1.807) is 30.1 Å². The van der Waals surface area contributed by atoms with Crippen LogP contribution in [0.4, 0.5) is 5.69 Å². The average molecular weight is 380 g/mol. The highest BCUT2D eigenvalue weighted by atomic mass is 32.2. The summed E-state index contributed by atoms with van der Waals surface area (Å²) in [6, 6.07) is 10.2. The topological polar surface area (TPSA) is 88.2 Å². The molecule has 1 aromatic carbocycles. The summed E-state index contributed by atoms with van der Waals surface area (Å²) in [5.74, 6) is 0.845. The number of thioether (sulfide) groups is 1. The van der Waals surface area contributed by atoms with Gasteiger partial charge in [-0.3, -0.25) is 4.79 Å². The van der Waals surface area contributed by atoms with Crippen molar-refractivity contribution in [2.75, 3.05) is 18.1 Å². The standard InChI is InChI=1S/C17H21N3O3S2/c1-3-24-17-11-7-14(12-19-17)20-16(21)10-6-13-4-8-15(9-5-13)25(22,23)18-2/h4-5,7-9,11-12,18H,3,6,10H2,1-2H3,(H,20,21). The summed E-state index contributed by atoms with van der Waals surface area (Å²) in [6.45, 7) is 2.06. The number of anilines is 1. The van der Waals surface area contributed by atoms with Gasteiger partial charge in [-0.15, -0.1) is 11.8 Å². The third-order valence-electron chi connectivity index (χ3n) is 3.46. The van der Waals surface area contributed by atoms with Crippen LogP contribution in [0.2, 0.25) is 0 Å². The van der Waals surface area contributed by atoms with Crippen LogP contribution >= 0.6 is 11.8 Å². The summed E-state index contributed by atoms with van der Waals surface area (Å²) in [7, 11) is -2.06. The second kappa shape index (κ2) is 8.98. The predicted molar refractivity (Wildman–Crippen MR) is 100 cm³/mol. The second-order valence-corrected chi connectivity index (χ2v) is 8.39. The Morgan fingerprint density at radius 2 is 1.88 bits per heavy atom. The summed E-state index contributed by atoms with van der Waals surface area (Å²) in [6.07, 6.45) is 2.49. The molecule has 0 aliphatic rings. The number of nitrogens with zero attached hydrogens (tertiary/aromatic N) is 1. The van der Waals surface area contributed by atoms with Crippen LogP contribution in [0.5, 0.6) is 0 Å². The van der Waals surface area contributed by atoms with E-state index in [2.05, 4.69) is 21.9 Å². The van der Waals surface area contributed by atoms with Gasteiger partial charge < -0.3 is 5.32 Å². The molecule has 0 saturated carbocycles. The fourth-order valence-electron chi connectivity index (χ4n) is 2.12. The molecule has 2 aromatic rings. The van der Waals surface area contributed by atoms with Crippen molar-refractivity contribution in [3.63, 3.8) is 0 Å². The predicted octanol–water partition coefficient (Wildman–Crippen LogP) is 2.67. The van der Waals surface area contributed by atoms with Gasteiger partial charge in [-0.25, -0.2) is 18.1 Å². The number of aromatic nitrogens is 1. The molecule has 0 unspecified atom stereocenters. The molecule has 2 N–H and O–H groups in total. The lowest BCUT2D eigenvalue weighted by Crippen LogP contribution is -2.18. The molecular formula is C17H21N3O3S2. The normalized spacial score (nSPS) is 11.3. The molecule has 0 aliphatic heterocycles. The molecular weight excluding hydrogens is 358 g/mol. The number of rotatable bonds is 8. The minimum atomic E-state index is -3.43. The van der Waals surface area contributed by atoms with Gasteiger partial charge in [-0.05, 0) is 49.1 Å². The highest BCUT2D eigenvalue weighted by Crippen LogP contribution is 2.17. The third kappa shape index (κ3) is 5.84. The Labute approximate surface area is 152 Å². The zero-order valence-corrected chi connectivity index (χ0v) is 15.8. The number of hydrogen-bond acceptors (Lipinski definition) is 5. The largest absolute Gasteiger partial charge is 0.325 e. The number of aryl methyl sites for hydroxylation is 1. The Bertz CT molecular complexity index is 804. The van der Waals surface area contributed by atoms with E-state index in [1.807, 2.05) is 12.1 Å². The quantitative estimate of drug-likeness (QED) is 0.689. The van der Waals surface area contributed by atoms with Gasteiger partial charge in [0.05, 0.1) is 21.8 Å². The van der Waals surface area contributed by atoms with Crippen LogP contribution in [0.1, 0.15) is 18.9 Å². The summed E-state index contributed by atoms with van der Waals surface area (Å²) < 4.78 is 25.6. The maximum Gasteiger partial charge on any atom is 0.240 e. The Balaban J connectivity index is 1.87. The molecule has 134 valence electrons. The molecule has 8 heteroatoms. The van der Waals surface area contributed by atoms with Crippen molar-refractivity contribution in [2.45, 2.75) is 29.7 Å². The molecule has 0 bridgehead atoms. The van der Waals surface area contributed by atoms with Gasteiger partial charge in [-0.1, -0.05) is 19.1 Å². The number of benzene rings is 1. The lowest BCUT2D eigenvalue weighted by atomic mass is 10.1. The second-order valence-electron chi connectivity index (χ2n) is 5.22. The molecule has 0 spiro atoms. The lowest BCUT2D eigenvalue weighted by Gasteiger charge is -2.07. The molecule has 0 saturated heterocycles. The molecule has 0 fully saturated rings. The summed E-state index contributed by atoms with van der Waals surface area (Å²) in [4.78, 5) is 16.5. The number of carbonyl (C=O) groups is 1. The minimum Gasteiger partial charge on any atom is -0.325 e. The van der Waals surface area contributed by atoms with E-state index >= 15 is 0 Å². The Morgan fingerprint density at radius 1 is 1.16 bits per heavy atom. The fraction of sp³-hybridized carbons (Fsp3) is 0.294. The van der Waals surface area contributed by atoms with Crippen LogP contribution in [-0.2, 0) is 21.2 Å². The molecule has 0 radical (unpaired) electrons. The van der Waals surface area contributed by atoms with Crippen molar-refractivity contribution in [2.24, 2.45) is 0 Å². The van der Waals surface area contributed by atoms with Gasteiger partial charge in [0.2, 0.25) is 15.9 Å². The van der Waals surface area contributed by atoms with E-state index in [0.29, 0.717) is 18.5 Å². The zero-order valence-electron chi connectivity index (χ0n) is 14.2. The number of sulfonamides is 1. The Hall–Kier alpha value is -1.90. The first kappa shape index (κ1) is 19.4. The molecule has 2 rings (SSSR count). The van der Waals surface area contributed by atoms with Crippen molar-refractivity contribution in [3.05, 3.63) is 48.2 Å². The molecule has 1 aromatic heterocycles. The van der Waals surface area contributed by atoms with Crippen LogP contribution in [-0.4, -0.2) is 32.1 Å². The van der Waals surface area contributed by atoms with Crippen molar-refractivity contribution in [1.29, 1.82) is 0 Å². The molecule has 1 heterocycles. The van der Waals surface area contributed by atoms with Gasteiger partial charge in [0.15, 0.2) is 0 Å². The van der Waals surface area contributed by atoms with Crippen molar-refractivity contribution in [1.82, 2.24) is 9.71 Å². The van der Waals surface area contributed by atoms with Crippen LogP contribution in [0, 0.1) is 0 Å². The first-order valence-corrected chi connectivity index (χ1v) is 10.3. The zero-order chi connectivity index (χ0) is 18.3. The summed E-state index contributed by atoms with van der Waals surface area (Å²) >= 11 is 1.64. The first-order valence-electron chi connectivity index (χ1n) is 7.86. The molecule has 25 heavy (non-hydrogen) atoms. The van der Waals surface area contributed by atoms with E-state index in [4.69, 9.17) is 0 Å². The number of nitrogens with one attached hydrogen (secondary N) is 2. The van der Waals surface area contributed by atoms with Crippen LogP contribution < -0.4 is 10.0 Å². The Kier molecular flexibility index (Phi) is 6.98. The van der Waals surface area contributed by atoms with Gasteiger partial charge in [0.1, 0.15) is 0 Å².